The van der Waals surface area contributed by atoms with Crippen LogP contribution in [0.4, 0.5) is 0 Å². The summed E-state index contributed by atoms with van der Waals surface area (Å²) in [6, 6.07) is 18.2. The molecule has 1 saturated heterocycles. The molecule has 0 aromatic heterocycles. The molecule has 1 aliphatic rings. The summed E-state index contributed by atoms with van der Waals surface area (Å²) in [6.45, 7) is 0.500. The summed E-state index contributed by atoms with van der Waals surface area (Å²) >= 11 is 0. The number of carboxylic acid groups (broad SMARTS) is 1. The average Bonchev–Trinajstić information content (AvgIpc) is 3.05. The van der Waals surface area contributed by atoms with E-state index in [-0.39, 0.29) is 0 Å². The van der Waals surface area contributed by atoms with Crippen LogP contribution in [0.2, 0.25) is 0 Å². The molecule has 0 aliphatic carbocycles. The van der Waals surface area contributed by atoms with Crippen molar-refractivity contribution in [3.8, 4) is 0 Å². The van der Waals surface area contributed by atoms with Gasteiger partial charge in [-0.2, -0.15) is 0 Å². The Kier molecular flexibility index (Phi) is 2.91. The molecule has 0 radical (unpaired) electrons. The Bertz CT molecular complexity index is 876. The predicted octanol–water partition coefficient (Wildman–Crippen LogP) is 4.08. The highest BCUT2D eigenvalue weighted by atomic mass is 16.5. The van der Waals surface area contributed by atoms with E-state index in [9.17, 15) is 9.90 Å². The van der Waals surface area contributed by atoms with E-state index < -0.39 is 11.6 Å². The molecule has 22 heavy (non-hydrogen) atoms. The van der Waals surface area contributed by atoms with Crippen LogP contribution in [0.15, 0.2) is 54.6 Å². The van der Waals surface area contributed by atoms with Crippen molar-refractivity contribution in [2.24, 2.45) is 0 Å². The monoisotopic (exact) mass is 292 g/mol. The van der Waals surface area contributed by atoms with Crippen molar-refractivity contribution >= 4 is 27.5 Å². The first-order valence-electron chi connectivity index (χ1n) is 7.50. The van der Waals surface area contributed by atoms with Crippen LogP contribution < -0.4 is 0 Å². The number of carbonyl (C=O) groups is 1. The van der Waals surface area contributed by atoms with Gasteiger partial charge in [0.15, 0.2) is 5.60 Å². The van der Waals surface area contributed by atoms with E-state index in [1.807, 2.05) is 30.3 Å². The zero-order valence-electron chi connectivity index (χ0n) is 12.1. The maximum Gasteiger partial charge on any atom is 0.340 e. The molecular weight excluding hydrogens is 276 g/mol. The zero-order chi connectivity index (χ0) is 15.2. The lowest BCUT2D eigenvalue weighted by atomic mass is 9.88. The standard InChI is InChI=1S/C19H16O3/c20-18(21)19(10-3-11-22-19)15-9-8-14-7-6-13-4-1-2-5-16(13)17(14)12-15/h1-2,4-9,12H,3,10-11H2,(H,20,21). The van der Waals surface area contributed by atoms with Gasteiger partial charge in [-0.25, -0.2) is 4.79 Å². The topological polar surface area (TPSA) is 46.5 Å². The fourth-order valence-corrected chi connectivity index (χ4v) is 3.41. The van der Waals surface area contributed by atoms with E-state index in [1.165, 1.54) is 0 Å². The van der Waals surface area contributed by atoms with E-state index in [4.69, 9.17) is 4.74 Å². The van der Waals surface area contributed by atoms with Gasteiger partial charge in [0.2, 0.25) is 0 Å². The summed E-state index contributed by atoms with van der Waals surface area (Å²) in [6.07, 6.45) is 1.30. The van der Waals surface area contributed by atoms with Crippen LogP contribution in [-0.2, 0) is 15.1 Å². The zero-order valence-corrected chi connectivity index (χ0v) is 12.1. The Balaban J connectivity index is 2.00. The Morgan fingerprint density at radius 1 is 1.00 bits per heavy atom. The maximum atomic E-state index is 11.8. The Hall–Kier alpha value is -2.39. The molecule has 4 rings (SSSR count). The molecule has 0 spiro atoms. The normalized spacial score (nSPS) is 21.5. The van der Waals surface area contributed by atoms with Gasteiger partial charge in [-0.05, 0) is 46.0 Å². The molecule has 1 fully saturated rings. The molecule has 3 aromatic carbocycles. The average molecular weight is 292 g/mol. The molecule has 1 heterocycles. The van der Waals surface area contributed by atoms with Crippen LogP contribution in [0.3, 0.4) is 0 Å². The summed E-state index contributed by atoms with van der Waals surface area (Å²) in [4.78, 5) is 11.8. The summed E-state index contributed by atoms with van der Waals surface area (Å²) in [5.41, 5.74) is -0.452. The maximum absolute atomic E-state index is 11.8. The van der Waals surface area contributed by atoms with E-state index in [0.29, 0.717) is 13.0 Å². The fraction of sp³-hybridized carbons (Fsp3) is 0.211. The molecule has 3 aromatic rings. The first-order valence-corrected chi connectivity index (χ1v) is 7.50. The highest BCUT2D eigenvalue weighted by Crippen LogP contribution is 2.38. The van der Waals surface area contributed by atoms with Crippen molar-refractivity contribution in [1.82, 2.24) is 0 Å². The van der Waals surface area contributed by atoms with Crippen LogP contribution in [0, 0.1) is 0 Å². The molecule has 0 bridgehead atoms. The van der Waals surface area contributed by atoms with Gasteiger partial charge in [0.05, 0.1) is 0 Å². The fourth-order valence-electron chi connectivity index (χ4n) is 3.41. The van der Waals surface area contributed by atoms with Gasteiger partial charge >= 0.3 is 5.97 Å². The van der Waals surface area contributed by atoms with Gasteiger partial charge in [0.25, 0.3) is 0 Å². The molecule has 0 amide bonds. The minimum Gasteiger partial charge on any atom is -0.479 e. The van der Waals surface area contributed by atoms with Crippen molar-refractivity contribution in [2.75, 3.05) is 6.61 Å². The number of ether oxygens (including phenoxy) is 1. The van der Waals surface area contributed by atoms with Crippen LogP contribution in [0.25, 0.3) is 21.5 Å². The second kappa shape index (κ2) is 4.82. The minimum absolute atomic E-state index is 0.500. The smallest absolute Gasteiger partial charge is 0.340 e. The number of fused-ring (bicyclic) bond motifs is 3. The number of hydrogen-bond acceptors (Lipinski definition) is 2. The van der Waals surface area contributed by atoms with Crippen LogP contribution in [-0.4, -0.2) is 17.7 Å². The lowest BCUT2D eigenvalue weighted by molar-refractivity contribution is -0.161. The predicted molar refractivity (Wildman–Crippen MR) is 86.0 cm³/mol. The van der Waals surface area contributed by atoms with Gasteiger partial charge in [-0.1, -0.05) is 48.5 Å². The lowest BCUT2D eigenvalue weighted by Gasteiger charge is -2.24. The van der Waals surface area contributed by atoms with Crippen LogP contribution >= 0.6 is 0 Å². The molecule has 110 valence electrons. The third kappa shape index (κ3) is 1.82. The highest BCUT2D eigenvalue weighted by Gasteiger charge is 2.44. The van der Waals surface area contributed by atoms with Gasteiger partial charge in [0.1, 0.15) is 0 Å². The number of aliphatic carboxylic acids is 1. The van der Waals surface area contributed by atoms with Crippen molar-refractivity contribution in [3.05, 3.63) is 60.2 Å². The third-order valence-corrected chi connectivity index (χ3v) is 4.58. The summed E-state index contributed by atoms with van der Waals surface area (Å²) < 4.78 is 5.65. The second-order valence-corrected chi connectivity index (χ2v) is 5.81. The number of hydrogen-bond donors (Lipinski definition) is 1. The van der Waals surface area contributed by atoms with E-state index in [2.05, 4.69) is 24.3 Å². The molecule has 1 atom stereocenters. The molecule has 1 aliphatic heterocycles. The van der Waals surface area contributed by atoms with Crippen molar-refractivity contribution < 1.29 is 14.6 Å². The van der Waals surface area contributed by atoms with Gasteiger partial charge < -0.3 is 9.84 Å². The van der Waals surface area contributed by atoms with Crippen molar-refractivity contribution in [2.45, 2.75) is 18.4 Å². The van der Waals surface area contributed by atoms with Gasteiger partial charge in [0, 0.05) is 6.61 Å². The Morgan fingerprint density at radius 3 is 2.45 bits per heavy atom. The molecule has 3 heteroatoms. The van der Waals surface area contributed by atoms with E-state index >= 15 is 0 Å². The molecule has 1 N–H and O–H groups in total. The molecule has 0 saturated carbocycles. The quantitative estimate of drug-likeness (QED) is 0.724. The minimum atomic E-state index is -1.19. The molecule has 1 unspecified atom stereocenters. The van der Waals surface area contributed by atoms with Gasteiger partial charge in [-0.15, -0.1) is 0 Å². The molecular formula is C19H16O3. The van der Waals surface area contributed by atoms with E-state index in [0.717, 1.165) is 33.5 Å². The summed E-state index contributed by atoms with van der Waals surface area (Å²) in [7, 11) is 0. The largest absolute Gasteiger partial charge is 0.479 e. The Labute approximate surface area is 128 Å². The van der Waals surface area contributed by atoms with Crippen LogP contribution in [0.1, 0.15) is 18.4 Å². The SMILES string of the molecule is O=C(O)C1(c2ccc3ccc4ccccc4c3c2)CCCO1. The van der Waals surface area contributed by atoms with Crippen LogP contribution in [0.5, 0.6) is 0 Å². The lowest BCUT2D eigenvalue weighted by Crippen LogP contribution is -2.34. The first-order chi connectivity index (χ1) is 10.7. The van der Waals surface area contributed by atoms with Crippen molar-refractivity contribution in [3.63, 3.8) is 0 Å². The highest BCUT2D eigenvalue weighted by molar-refractivity contribution is 6.07. The van der Waals surface area contributed by atoms with Crippen molar-refractivity contribution in [1.29, 1.82) is 0 Å². The number of carboxylic acids is 1. The summed E-state index contributed by atoms with van der Waals surface area (Å²) in [5.74, 6) is -0.899. The first kappa shape index (κ1) is 13.3. The Morgan fingerprint density at radius 2 is 1.73 bits per heavy atom. The third-order valence-electron chi connectivity index (χ3n) is 4.58. The van der Waals surface area contributed by atoms with E-state index in [1.54, 1.807) is 0 Å². The van der Waals surface area contributed by atoms with Gasteiger partial charge in [-0.3, -0.25) is 0 Å². The number of benzene rings is 3. The summed E-state index contributed by atoms with van der Waals surface area (Å²) in [5, 5.41) is 14.2. The number of rotatable bonds is 2. The second-order valence-electron chi connectivity index (χ2n) is 5.81. The molecule has 3 nitrogen and oxygen atoms in total.